The van der Waals surface area contributed by atoms with Crippen molar-refractivity contribution in [2.45, 2.75) is 13.2 Å². The minimum atomic E-state index is -0.682. The predicted molar refractivity (Wildman–Crippen MR) is 236 cm³/mol. The molecule has 0 aliphatic heterocycles. The van der Waals surface area contributed by atoms with E-state index in [0.717, 1.165) is 33.8 Å². The first-order valence-electron chi connectivity index (χ1n) is 17.5. The van der Waals surface area contributed by atoms with Crippen LogP contribution in [-0.2, 0) is 22.7 Å². The van der Waals surface area contributed by atoms with Crippen molar-refractivity contribution in [3.05, 3.63) is 95.1 Å². The average molecular weight is 895 g/mol. The third-order valence-corrected chi connectivity index (χ3v) is 14.4. The van der Waals surface area contributed by atoms with Crippen LogP contribution in [0.1, 0.15) is 31.8 Å². The van der Waals surface area contributed by atoms with Gasteiger partial charge in [0.15, 0.2) is 0 Å². The van der Waals surface area contributed by atoms with E-state index in [1.165, 1.54) is 48.2 Å². The lowest BCUT2D eigenvalue weighted by atomic mass is 10.0. The van der Waals surface area contributed by atoms with Crippen LogP contribution < -0.4 is 9.47 Å². The Bertz CT molecular complexity index is 3250. The van der Waals surface area contributed by atoms with Crippen LogP contribution >= 0.6 is 56.7 Å². The number of nitrogens with zero attached hydrogens (tertiary/aromatic N) is 8. The van der Waals surface area contributed by atoms with E-state index < -0.39 is 11.9 Å². The molecule has 0 saturated carbocycles. The number of thiophene rings is 3. The second-order valence-corrected chi connectivity index (χ2v) is 17.4. The van der Waals surface area contributed by atoms with Gasteiger partial charge in [0, 0.05) is 17.5 Å². The largest absolute Gasteiger partial charge is 0.495 e. The number of aromatic nitrogens is 2. The molecule has 0 aliphatic rings. The van der Waals surface area contributed by atoms with Gasteiger partial charge in [-0.3, -0.25) is 0 Å². The third-order valence-electron chi connectivity index (χ3n) is 8.72. The van der Waals surface area contributed by atoms with Crippen LogP contribution in [0.3, 0.4) is 0 Å². The van der Waals surface area contributed by atoms with Crippen molar-refractivity contribution in [1.82, 2.24) is 9.97 Å². The van der Waals surface area contributed by atoms with Crippen LogP contribution in [0.4, 0.5) is 10.0 Å². The third kappa shape index (κ3) is 7.91. The molecule has 8 rings (SSSR count). The molecule has 0 fully saturated rings. The number of nitriles is 4. The lowest BCUT2D eigenvalue weighted by Crippen LogP contribution is -2.10. The van der Waals surface area contributed by atoms with Gasteiger partial charge in [0.05, 0.1) is 39.4 Å². The summed E-state index contributed by atoms with van der Waals surface area (Å²) in [6, 6.07) is 28.6. The molecule has 0 N–H and O–H groups in total. The van der Waals surface area contributed by atoms with Crippen molar-refractivity contribution in [3.63, 3.8) is 0 Å². The van der Waals surface area contributed by atoms with Gasteiger partial charge in [-0.15, -0.1) is 56.7 Å². The molecule has 3 aromatic carbocycles. The summed E-state index contributed by atoms with van der Waals surface area (Å²) in [6.07, 6.45) is 0. The van der Waals surface area contributed by atoms with Crippen molar-refractivity contribution in [2.24, 2.45) is 9.98 Å². The first-order chi connectivity index (χ1) is 29.8. The molecule has 0 bridgehead atoms. The molecule has 0 spiro atoms. The van der Waals surface area contributed by atoms with Gasteiger partial charge in [-0.2, -0.15) is 21.0 Å². The fourth-order valence-corrected chi connectivity index (χ4v) is 11.8. The number of esters is 2. The Morgan fingerprint density at radius 1 is 0.607 bits per heavy atom. The average Bonchev–Trinajstić information content (AvgIpc) is 4.13. The molecule has 5 heterocycles. The number of fused-ring (bicyclic) bond motifs is 4. The Hall–Kier alpha value is -7.36. The van der Waals surface area contributed by atoms with E-state index >= 15 is 0 Å². The predicted octanol–water partition coefficient (Wildman–Crippen LogP) is 10.5. The zero-order valence-electron chi connectivity index (χ0n) is 31.4. The van der Waals surface area contributed by atoms with E-state index in [9.17, 15) is 30.6 Å². The maximum atomic E-state index is 14.6. The van der Waals surface area contributed by atoms with Crippen molar-refractivity contribution in [2.75, 3.05) is 14.2 Å². The van der Waals surface area contributed by atoms with Gasteiger partial charge in [-0.05, 0) is 11.1 Å². The van der Waals surface area contributed by atoms with Crippen LogP contribution in [-0.4, -0.2) is 47.5 Å². The van der Waals surface area contributed by atoms with Gasteiger partial charge >= 0.3 is 11.9 Å². The van der Waals surface area contributed by atoms with Crippen molar-refractivity contribution in [1.29, 1.82) is 21.0 Å². The number of methoxy groups -OCH3 is 2. The minimum absolute atomic E-state index is 0.0365. The number of thiazole rings is 2. The van der Waals surface area contributed by atoms with Gasteiger partial charge < -0.3 is 18.9 Å². The van der Waals surface area contributed by atoms with Crippen molar-refractivity contribution in [3.8, 4) is 55.5 Å². The highest BCUT2D eigenvalue weighted by Gasteiger charge is 2.33. The number of aliphatic imine (C=N–C) groups is 2. The van der Waals surface area contributed by atoms with Crippen molar-refractivity contribution < 1.29 is 28.5 Å². The summed E-state index contributed by atoms with van der Waals surface area (Å²) < 4.78 is 24.6. The van der Waals surface area contributed by atoms with Crippen LogP contribution in [0.2, 0.25) is 0 Å². The number of rotatable bonds is 12. The van der Waals surface area contributed by atoms with E-state index in [0.29, 0.717) is 65.6 Å². The Morgan fingerprint density at radius 2 is 1.08 bits per heavy atom. The van der Waals surface area contributed by atoms with Gasteiger partial charge in [0.2, 0.25) is 11.4 Å². The molecule has 5 aromatic heterocycles. The van der Waals surface area contributed by atoms with Crippen LogP contribution in [0.25, 0.3) is 49.6 Å². The summed E-state index contributed by atoms with van der Waals surface area (Å²) in [7, 11) is 2.94. The summed E-state index contributed by atoms with van der Waals surface area (Å²) in [4.78, 5) is 48.9. The van der Waals surface area contributed by atoms with E-state index in [4.69, 9.17) is 28.9 Å². The summed E-state index contributed by atoms with van der Waals surface area (Å²) in [5.41, 5.74) is 1.32. The van der Waals surface area contributed by atoms with Crippen LogP contribution in [0, 0.1) is 45.3 Å². The summed E-state index contributed by atoms with van der Waals surface area (Å²) in [6.45, 7) is -0.0785. The Morgan fingerprint density at radius 3 is 1.57 bits per heavy atom. The molecule has 0 aliphatic carbocycles. The summed E-state index contributed by atoms with van der Waals surface area (Å²) >= 11 is 5.86. The number of carbonyl (C=O) groups excluding carboxylic acids is 2. The zero-order valence-corrected chi connectivity index (χ0v) is 35.5. The lowest BCUT2D eigenvalue weighted by molar-refractivity contribution is 0.0465. The quantitative estimate of drug-likeness (QED) is 0.0826. The maximum absolute atomic E-state index is 14.6. The number of carbonyl (C=O) groups is 2. The molecular formula is C42H22N8O6S5. The second kappa shape index (κ2) is 17.5. The minimum Gasteiger partial charge on any atom is -0.495 e. The lowest BCUT2D eigenvalue weighted by Gasteiger charge is -2.11. The van der Waals surface area contributed by atoms with E-state index in [1.54, 1.807) is 36.4 Å². The van der Waals surface area contributed by atoms with E-state index in [-0.39, 0.29) is 41.3 Å². The Labute approximate surface area is 365 Å². The highest BCUT2D eigenvalue weighted by atomic mass is 32.1. The molecule has 0 radical (unpaired) electrons. The highest BCUT2D eigenvalue weighted by Crippen LogP contribution is 2.52. The van der Waals surface area contributed by atoms with Gasteiger partial charge in [-0.25, -0.2) is 29.5 Å². The van der Waals surface area contributed by atoms with Gasteiger partial charge in [0.25, 0.3) is 0 Å². The monoisotopic (exact) mass is 894 g/mol. The molecule has 8 aromatic rings. The molecule has 0 unspecified atom stereocenters. The smallest absolute Gasteiger partial charge is 0.342 e. The van der Waals surface area contributed by atoms with Gasteiger partial charge in [0.1, 0.15) is 89.2 Å². The number of ether oxygens (including phenoxy) is 4. The normalized spacial score (nSPS) is 10.7. The SMILES string of the molecule is COc1cc(N=C(C#N)C#N)sc1-c1nc2c(C(=O)OCc3ccccc3)c3sc4nc(-c5sc(N=C(C#N)C#N)cc5OC)sc4c3c(C(=O)OCc3ccccc3)c2s1. The second-order valence-electron chi connectivity index (χ2n) is 12.4. The fourth-order valence-electron chi connectivity index (χ4n) is 6.04. The number of benzene rings is 3. The highest BCUT2D eigenvalue weighted by molar-refractivity contribution is 7.35. The van der Waals surface area contributed by atoms with Gasteiger partial charge in [-0.1, -0.05) is 60.7 Å². The summed E-state index contributed by atoms with van der Waals surface area (Å²) in [5.74, 6) is -0.591. The molecule has 61 heavy (non-hydrogen) atoms. The molecule has 0 saturated heterocycles. The first-order valence-corrected chi connectivity index (χ1v) is 21.6. The molecule has 0 amide bonds. The molecule has 0 atom stereocenters. The topological polar surface area (TPSA) is 217 Å². The van der Waals surface area contributed by atoms with Crippen LogP contribution in [0.15, 0.2) is 82.8 Å². The van der Waals surface area contributed by atoms with Crippen LogP contribution in [0.5, 0.6) is 11.5 Å². The first kappa shape index (κ1) is 40.4. The number of hydrogen-bond donors (Lipinski definition) is 0. The molecule has 19 heteroatoms. The Balaban J connectivity index is 1.38. The fraction of sp³-hybridized carbons (Fsp3) is 0.0952. The molecule has 14 nitrogen and oxygen atoms in total. The Kier molecular flexibility index (Phi) is 11.6. The summed E-state index contributed by atoms with van der Waals surface area (Å²) in [5, 5.41) is 39.3. The molecular weight excluding hydrogens is 873 g/mol. The van der Waals surface area contributed by atoms with Crippen molar-refractivity contribution >= 4 is 120 Å². The molecule has 296 valence electrons. The van der Waals surface area contributed by atoms with E-state index in [1.807, 2.05) is 60.7 Å². The zero-order chi connectivity index (χ0) is 42.6. The number of hydrogen-bond acceptors (Lipinski definition) is 19. The maximum Gasteiger partial charge on any atom is 0.342 e. The van der Waals surface area contributed by atoms with E-state index in [2.05, 4.69) is 9.98 Å². The standard InChI is InChI=1S/C42H22N8O6S5/c1-53-25-13-27(47-23(15-43)16-44)57-33(25)38-49-32-31(42(52)56-20-22-11-7-4-8-12-22)35-29(30(36(32)60-38)41(51)55-19-21-9-5-3-6-10-21)37-40(59-35)50-39(61-37)34-26(54-2)14-28(58-34)48-24(17-45)18-46/h3-14H,19-20H2,1-2H3.